The molecule has 0 saturated carbocycles. The molecule has 2 N–H and O–H groups in total. The van der Waals surface area contributed by atoms with Gasteiger partial charge in [0.2, 0.25) is 11.9 Å². The fourth-order valence-corrected chi connectivity index (χ4v) is 4.58. The van der Waals surface area contributed by atoms with Crippen LogP contribution in [0.2, 0.25) is 0 Å². The van der Waals surface area contributed by atoms with Crippen LogP contribution in [0.1, 0.15) is 12.5 Å². The Morgan fingerprint density at radius 3 is 2.31 bits per heavy atom. The molecule has 2 heterocycles. The number of piperazine rings is 1. The number of amides is 1. The van der Waals surface area contributed by atoms with Crippen LogP contribution in [-0.2, 0) is 16.1 Å². The minimum atomic E-state index is -0.0928. The van der Waals surface area contributed by atoms with E-state index < -0.39 is 0 Å². The third-order valence-electron chi connectivity index (χ3n) is 6.68. The van der Waals surface area contributed by atoms with E-state index in [9.17, 15) is 4.79 Å². The van der Waals surface area contributed by atoms with Crippen molar-refractivity contribution >= 4 is 28.9 Å². The summed E-state index contributed by atoms with van der Waals surface area (Å²) in [5.41, 5.74) is 5.89. The summed E-state index contributed by atoms with van der Waals surface area (Å²) in [6.45, 7) is 7.93. The first kappa shape index (κ1) is 26.3. The van der Waals surface area contributed by atoms with Gasteiger partial charge in [-0.3, -0.25) is 9.69 Å². The topological polar surface area (TPSA) is 82.6 Å². The van der Waals surface area contributed by atoms with Crippen LogP contribution in [0.25, 0.3) is 11.3 Å². The standard InChI is InChI=1S/C31H34N6O2/c1-24(38)33-27-9-7-26(8-10-27)30-15-16-32-31(35-30)34-28-11-13-29(14-12-28)37-19-17-36(18-20-37)21-22-39-23-25-5-3-2-4-6-25/h2-16H,17-23H2,1H3,(H,33,38)(H,32,34,35). The molecule has 8 heteroatoms. The normalized spacial score (nSPS) is 13.7. The molecule has 39 heavy (non-hydrogen) atoms. The minimum absolute atomic E-state index is 0.0928. The predicted octanol–water partition coefficient (Wildman–Crippen LogP) is 5.18. The number of nitrogens with one attached hydrogen (secondary N) is 2. The fraction of sp³-hybridized carbons (Fsp3) is 0.258. The highest BCUT2D eigenvalue weighted by molar-refractivity contribution is 5.88. The maximum atomic E-state index is 11.2. The number of carbonyl (C=O) groups is 1. The number of aromatic nitrogens is 2. The lowest BCUT2D eigenvalue weighted by Gasteiger charge is -2.36. The van der Waals surface area contributed by atoms with Crippen LogP contribution >= 0.6 is 0 Å². The van der Waals surface area contributed by atoms with Crippen LogP contribution in [0.5, 0.6) is 0 Å². The molecular weight excluding hydrogens is 488 g/mol. The molecule has 0 unspecified atom stereocenters. The lowest BCUT2D eigenvalue weighted by Crippen LogP contribution is -2.47. The Kier molecular flexibility index (Phi) is 8.78. The molecule has 200 valence electrons. The smallest absolute Gasteiger partial charge is 0.227 e. The largest absolute Gasteiger partial charge is 0.375 e. The van der Waals surface area contributed by atoms with Crippen molar-refractivity contribution in [1.82, 2.24) is 14.9 Å². The maximum absolute atomic E-state index is 11.2. The molecule has 3 aromatic carbocycles. The van der Waals surface area contributed by atoms with Gasteiger partial charge in [-0.1, -0.05) is 42.5 Å². The molecule has 0 bridgehead atoms. The van der Waals surface area contributed by atoms with E-state index in [-0.39, 0.29) is 5.91 Å². The quantitative estimate of drug-likeness (QED) is 0.278. The van der Waals surface area contributed by atoms with Crippen molar-refractivity contribution in [2.24, 2.45) is 0 Å². The highest BCUT2D eigenvalue weighted by Gasteiger charge is 2.17. The van der Waals surface area contributed by atoms with Crippen LogP contribution in [0.4, 0.5) is 23.0 Å². The van der Waals surface area contributed by atoms with Gasteiger partial charge in [0.05, 0.1) is 18.9 Å². The predicted molar refractivity (Wildman–Crippen MR) is 156 cm³/mol. The Morgan fingerprint density at radius 1 is 0.872 bits per heavy atom. The van der Waals surface area contributed by atoms with Gasteiger partial charge in [-0.2, -0.15) is 0 Å². The Hall–Kier alpha value is -4.27. The fourth-order valence-electron chi connectivity index (χ4n) is 4.58. The lowest BCUT2D eigenvalue weighted by molar-refractivity contribution is -0.114. The molecule has 4 aromatic rings. The minimum Gasteiger partial charge on any atom is -0.375 e. The number of rotatable bonds is 10. The number of nitrogens with zero attached hydrogens (tertiary/aromatic N) is 4. The van der Waals surface area contributed by atoms with E-state index in [1.54, 1.807) is 6.20 Å². The lowest BCUT2D eigenvalue weighted by atomic mass is 10.1. The molecule has 8 nitrogen and oxygen atoms in total. The van der Waals surface area contributed by atoms with E-state index in [1.807, 2.05) is 48.5 Å². The van der Waals surface area contributed by atoms with E-state index in [1.165, 1.54) is 18.2 Å². The van der Waals surface area contributed by atoms with Crippen LogP contribution in [0.3, 0.4) is 0 Å². The number of hydrogen-bond acceptors (Lipinski definition) is 7. The maximum Gasteiger partial charge on any atom is 0.227 e. The number of carbonyl (C=O) groups excluding carboxylic acids is 1. The molecule has 0 atom stereocenters. The molecule has 5 rings (SSSR count). The first-order chi connectivity index (χ1) is 19.1. The van der Waals surface area contributed by atoms with Crippen molar-refractivity contribution in [3.8, 4) is 11.3 Å². The van der Waals surface area contributed by atoms with E-state index in [0.29, 0.717) is 12.6 Å². The monoisotopic (exact) mass is 522 g/mol. The number of hydrogen-bond donors (Lipinski definition) is 2. The average Bonchev–Trinajstić information content (AvgIpc) is 2.97. The summed E-state index contributed by atoms with van der Waals surface area (Å²) in [6, 6.07) is 28.2. The first-order valence-corrected chi connectivity index (χ1v) is 13.3. The highest BCUT2D eigenvalue weighted by Crippen LogP contribution is 2.23. The summed E-state index contributed by atoms with van der Waals surface area (Å²) in [6.07, 6.45) is 1.74. The third-order valence-corrected chi connectivity index (χ3v) is 6.68. The van der Waals surface area contributed by atoms with Gasteiger partial charge in [0.1, 0.15) is 0 Å². The van der Waals surface area contributed by atoms with Gasteiger partial charge in [0.15, 0.2) is 0 Å². The second-order valence-corrected chi connectivity index (χ2v) is 9.56. The van der Waals surface area contributed by atoms with Gasteiger partial charge in [-0.05, 0) is 48.0 Å². The van der Waals surface area contributed by atoms with E-state index in [4.69, 9.17) is 4.74 Å². The molecule has 1 fully saturated rings. The van der Waals surface area contributed by atoms with Gasteiger partial charge in [0, 0.05) is 68.5 Å². The van der Waals surface area contributed by atoms with Crippen molar-refractivity contribution < 1.29 is 9.53 Å². The molecule has 0 spiro atoms. The average molecular weight is 523 g/mol. The molecule has 1 amide bonds. The Labute approximate surface area is 229 Å². The number of benzene rings is 3. The van der Waals surface area contributed by atoms with Crippen LogP contribution in [0, 0.1) is 0 Å². The molecule has 0 radical (unpaired) electrons. The zero-order chi connectivity index (χ0) is 26.9. The Bertz CT molecular complexity index is 1340. The van der Waals surface area contributed by atoms with Gasteiger partial charge in [-0.25, -0.2) is 9.97 Å². The second-order valence-electron chi connectivity index (χ2n) is 9.56. The Balaban J connectivity index is 1.09. The van der Waals surface area contributed by atoms with Gasteiger partial charge in [-0.15, -0.1) is 0 Å². The summed E-state index contributed by atoms with van der Waals surface area (Å²) in [7, 11) is 0. The number of ether oxygens (including phenoxy) is 1. The molecule has 0 aliphatic carbocycles. The van der Waals surface area contributed by atoms with Crippen molar-refractivity contribution in [2.75, 3.05) is 54.9 Å². The molecule has 1 aromatic heterocycles. The summed E-state index contributed by atoms with van der Waals surface area (Å²) in [5.74, 6) is 0.444. The van der Waals surface area contributed by atoms with Crippen molar-refractivity contribution in [1.29, 1.82) is 0 Å². The molecular formula is C31H34N6O2. The van der Waals surface area contributed by atoms with Crippen LogP contribution in [-0.4, -0.2) is 60.1 Å². The zero-order valence-electron chi connectivity index (χ0n) is 22.2. The summed E-state index contributed by atoms with van der Waals surface area (Å²) in [4.78, 5) is 25.2. The Morgan fingerprint density at radius 2 is 1.59 bits per heavy atom. The second kappa shape index (κ2) is 13.0. The van der Waals surface area contributed by atoms with E-state index >= 15 is 0 Å². The summed E-state index contributed by atoms with van der Waals surface area (Å²) in [5, 5.41) is 6.09. The first-order valence-electron chi connectivity index (χ1n) is 13.3. The highest BCUT2D eigenvalue weighted by atomic mass is 16.5. The van der Waals surface area contributed by atoms with Gasteiger partial charge < -0.3 is 20.3 Å². The van der Waals surface area contributed by atoms with Crippen LogP contribution < -0.4 is 15.5 Å². The zero-order valence-corrected chi connectivity index (χ0v) is 22.2. The van der Waals surface area contributed by atoms with Gasteiger partial charge in [0.25, 0.3) is 0 Å². The molecule has 1 aliphatic rings. The molecule has 1 saturated heterocycles. The summed E-state index contributed by atoms with van der Waals surface area (Å²) >= 11 is 0. The number of anilines is 4. The summed E-state index contributed by atoms with van der Waals surface area (Å²) < 4.78 is 5.86. The van der Waals surface area contributed by atoms with E-state index in [0.717, 1.165) is 62.0 Å². The van der Waals surface area contributed by atoms with Gasteiger partial charge >= 0.3 is 0 Å². The van der Waals surface area contributed by atoms with Crippen molar-refractivity contribution in [2.45, 2.75) is 13.5 Å². The SMILES string of the molecule is CC(=O)Nc1ccc(-c2ccnc(Nc3ccc(N4CCN(CCOCc5ccccc5)CC4)cc3)n2)cc1. The molecule has 1 aliphatic heterocycles. The van der Waals surface area contributed by atoms with Crippen molar-refractivity contribution in [3.63, 3.8) is 0 Å². The van der Waals surface area contributed by atoms with E-state index in [2.05, 4.69) is 66.8 Å². The van der Waals surface area contributed by atoms with Crippen LogP contribution in [0.15, 0.2) is 91.1 Å². The third kappa shape index (κ3) is 7.63. The van der Waals surface area contributed by atoms with Crippen molar-refractivity contribution in [3.05, 3.63) is 96.7 Å².